The molecule has 0 saturated heterocycles. The van der Waals surface area contributed by atoms with Gasteiger partial charge in [0.2, 0.25) is 0 Å². The minimum Gasteiger partial charge on any atom is -0.466 e. The number of esters is 1. The van der Waals surface area contributed by atoms with Gasteiger partial charge in [0.1, 0.15) is 0 Å². The SMILES string of the molecule is CCOC(=O)CC/C=C\CC(C)C. The Labute approximate surface area is 81.0 Å². The van der Waals surface area contributed by atoms with Gasteiger partial charge in [0.25, 0.3) is 0 Å². The van der Waals surface area contributed by atoms with Gasteiger partial charge >= 0.3 is 5.97 Å². The molecule has 0 aliphatic carbocycles. The van der Waals surface area contributed by atoms with Crippen molar-refractivity contribution >= 4 is 5.97 Å². The largest absolute Gasteiger partial charge is 0.466 e. The van der Waals surface area contributed by atoms with Gasteiger partial charge in [-0.25, -0.2) is 0 Å². The highest BCUT2D eigenvalue weighted by Gasteiger charge is 1.97. The molecule has 0 aromatic heterocycles. The van der Waals surface area contributed by atoms with Gasteiger partial charge in [-0.2, -0.15) is 0 Å². The van der Waals surface area contributed by atoms with E-state index >= 15 is 0 Å². The van der Waals surface area contributed by atoms with Gasteiger partial charge in [0.05, 0.1) is 6.61 Å². The minimum absolute atomic E-state index is 0.100. The number of rotatable bonds is 6. The van der Waals surface area contributed by atoms with Gasteiger partial charge in [-0.3, -0.25) is 4.79 Å². The summed E-state index contributed by atoms with van der Waals surface area (Å²) in [6.45, 7) is 6.66. The number of hydrogen-bond donors (Lipinski definition) is 0. The van der Waals surface area contributed by atoms with Crippen molar-refractivity contribution in [3.8, 4) is 0 Å². The summed E-state index contributed by atoms with van der Waals surface area (Å²) in [5.74, 6) is 0.593. The van der Waals surface area contributed by atoms with Crippen molar-refractivity contribution in [1.29, 1.82) is 0 Å². The van der Waals surface area contributed by atoms with Crippen LogP contribution in [0.4, 0.5) is 0 Å². The molecule has 0 unspecified atom stereocenters. The lowest BCUT2D eigenvalue weighted by molar-refractivity contribution is -0.142. The van der Waals surface area contributed by atoms with E-state index in [1.54, 1.807) is 0 Å². The maximum Gasteiger partial charge on any atom is 0.306 e. The molecule has 13 heavy (non-hydrogen) atoms. The van der Waals surface area contributed by atoms with Crippen molar-refractivity contribution in [2.24, 2.45) is 5.92 Å². The van der Waals surface area contributed by atoms with Crippen LogP contribution in [-0.4, -0.2) is 12.6 Å². The van der Waals surface area contributed by atoms with E-state index in [0.717, 1.165) is 12.8 Å². The molecular formula is C11H20O2. The first-order chi connectivity index (χ1) is 6.16. The highest BCUT2D eigenvalue weighted by atomic mass is 16.5. The summed E-state index contributed by atoms with van der Waals surface area (Å²) < 4.78 is 4.80. The summed E-state index contributed by atoms with van der Waals surface area (Å²) in [5.41, 5.74) is 0. The van der Waals surface area contributed by atoms with Gasteiger partial charge in [-0.15, -0.1) is 0 Å². The van der Waals surface area contributed by atoms with Crippen molar-refractivity contribution in [3.63, 3.8) is 0 Å². The summed E-state index contributed by atoms with van der Waals surface area (Å²) >= 11 is 0. The zero-order chi connectivity index (χ0) is 10.1. The first kappa shape index (κ1) is 12.2. The molecule has 76 valence electrons. The third-order valence-corrected chi connectivity index (χ3v) is 1.59. The van der Waals surface area contributed by atoms with Crippen LogP contribution in [0.3, 0.4) is 0 Å². The Morgan fingerprint density at radius 3 is 2.62 bits per heavy atom. The van der Waals surface area contributed by atoms with Gasteiger partial charge in [0, 0.05) is 6.42 Å². The Bertz CT molecular complexity index is 159. The molecule has 0 fully saturated rings. The molecule has 0 rings (SSSR count). The summed E-state index contributed by atoms with van der Waals surface area (Å²) in [5, 5.41) is 0. The fourth-order valence-corrected chi connectivity index (χ4v) is 0.921. The van der Waals surface area contributed by atoms with Gasteiger partial charge < -0.3 is 4.74 Å². The van der Waals surface area contributed by atoms with Gasteiger partial charge in [-0.05, 0) is 25.7 Å². The Hall–Kier alpha value is -0.790. The van der Waals surface area contributed by atoms with Gasteiger partial charge in [-0.1, -0.05) is 26.0 Å². The van der Waals surface area contributed by atoms with E-state index in [1.807, 2.05) is 6.92 Å². The molecule has 2 heteroatoms. The van der Waals surface area contributed by atoms with Crippen molar-refractivity contribution in [1.82, 2.24) is 0 Å². The molecule has 0 radical (unpaired) electrons. The average Bonchev–Trinajstić information content (AvgIpc) is 2.03. The zero-order valence-corrected chi connectivity index (χ0v) is 8.88. The topological polar surface area (TPSA) is 26.3 Å². The lowest BCUT2D eigenvalue weighted by atomic mass is 10.1. The van der Waals surface area contributed by atoms with Crippen LogP contribution in [-0.2, 0) is 9.53 Å². The van der Waals surface area contributed by atoms with Crippen molar-refractivity contribution in [2.75, 3.05) is 6.61 Å². The molecule has 0 atom stereocenters. The second-order valence-electron chi connectivity index (χ2n) is 3.44. The maximum atomic E-state index is 10.9. The predicted molar refractivity (Wildman–Crippen MR) is 54.5 cm³/mol. The molecule has 2 nitrogen and oxygen atoms in total. The van der Waals surface area contributed by atoms with E-state index in [1.165, 1.54) is 0 Å². The zero-order valence-electron chi connectivity index (χ0n) is 8.88. The second-order valence-corrected chi connectivity index (χ2v) is 3.44. The Morgan fingerprint density at radius 1 is 1.38 bits per heavy atom. The third-order valence-electron chi connectivity index (χ3n) is 1.59. The van der Waals surface area contributed by atoms with E-state index in [9.17, 15) is 4.79 Å². The van der Waals surface area contributed by atoms with E-state index < -0.39 is 0 Å². The van der Waals surface area contributed by atoms with Crippen LogP contribution >= 0.6 is 0 Å². The van der Waals surface area contributed by atoms with Crippen LogP contribution < -0.4 is 0 Å². The van der Waals surface area contributed by atoms with E-state index in [-0.39, 0.29) is 5.97 Å². The smallest absolute Gasteiger partial charge is 0.306 e. The Kier molecular flexibility index (Phi) is 7.36. The van der Waals surface area contributed by atoms with Crippen molar-refractivity contribution in [3.05, 3.63) is 12.2 Å². The lowest BCUT2D eigenvalue weighted by Crippen LogP contribution is -2.02. The molecule has 0 aromatic carbocycles. The standard InChI is InChI=1S/C11H20O2/c1-4-13-11(12)9-7-5-6-8-10(2)3/h5-6,10H,4,7-9H2,1-3H3/b6-5-. The fraction of sp³-hybridized carbons (Fsp3) is 0.727. The molecule has 0 bridgehead atoms. The van der Waals surface area contributed by atoms with Crippen molar-refractivity contribution in [2.45, 2.75) is 40.0 Å². The highest BCUT2D eigenvalue weighted by Crippen LogP contribution is 2.02. The Morgan fingerprint density at radius 2 is 2.08 bits per heavy atom. The molecule has 0 amide bonds. The molecule has 0 spiro atoms. The minimum atomic E-state index is -0.100. The molecule has 0 N–H and O–H groups in total. The summed E-state index contributed by atoms with van der Waals surface area (Å²) in [7, 11) is 0. The number of allylic oxidation sites excluding steroid dienone is 2. The lowest BCUT2D eigenvalue weighted by Gasteiger charge is -1.99. The van der Waals surface area contributed by atoms with E-state index in [0.29, 0.717) is 18.9 Å². The maximum absolute atomic E-state index is 10.9. The molecule has 0 heterocycles. The van der Waals surface area contributed by atoms with E-state index in [4.69, 9.17) is 4.74 Å². The first-order valence-corrected chi connectivity index (χ1v) is 4.97. The second kappa shape index (κ2) is 7.84. The van der Waals surface area contributed by atoms with Crippen LogP contribution in [0, 0.1) is 5.92 Å². The number of hydrogen-bond acceptors (Lipinski definition) is 2. The Balaban J connectivity index is 3.33. The molecular weight excluding hydrogens is 164 g/mol. The molecule has 0 aromatic rings. The van der Waals surface area contributed by atoms with E-state index in [2.05, 4.69) is 26.0 Å². The quantitative estimate of drug-likeness (QED) is 0.468. The molecule has 0 aliphatic rings. The number of carbonyl (C=O) groups excluding carboxylic acids is 1. The molecule has 0 aliphatic heterocycles. The average molecular weight is 184 g/mol. The fourth-order valence-electron chi connectivity index (χ4n) is 0.921. The predicted octanol–water partition coefficient (Wildman–Crippen LogP) is 2.93. The van der Waals surface area contributed by atoms with Crippen LogP contribution in [0.2, 0.25) is 0 Å². The van der Waals surface area contributed by atoms with Crippen LogP contribution in [0.1, 0.15) is 40.0 Å². The first-order valence-electron chi connectivity index (χ1n) is 4.97. The van der Waals surface area contributed by atoms with Crippen LogP contribution in [0.25, 0.3) is 0 Å². The summed E-state index contributed by atoms with van der Waals surface area (Å²) in [6, 6.07) is 0. The normalized spacial score (nSPS) is 11.1. The van der Waals surface area contributed by atoms with Crippen LogP contribution in [0.15, 0.2) is 12.2 Å². The monoisotopic (exact) mass is 184 g/mol. The highest BCUT2D eigenvalue weighted by molar-refractivity contribution is 5.69. The number of ether oxygens (including phenoxy) is 1. The summed E-state index contributed by atoms with van der Waals surface area (Å²) in [4.78, 5) is 10.9. The van der Waals surface area contributed by atoms with Crippen molar-refractivity contribution < 1.29 is 9.53 Å². The summed E-state index contributed by atoms with van der Waals surface area (Å²) in [6.07, 6.45) is 6.57. The third kappa shape index (κ3) is 9.12. The number of carbonyl (C=O) groups is 1. The van der Waals surface area contributed by atoms with Gasteiger partial charge in [0.15, 0.2) is 0 Å². The van der Waals surface area contributed by atoms with Crippen LogP contribution in [0.5, 0.6) is 0 Å². The molecule has 0 saturated carbocycles.